The molecule has 0 aliphatic heterocycles. The first-order valence-corrected chi connectivity index (χ1v) is 5.53. The Morgan fingerprint density at radius 3 is 3.06 bits per heavy atom. The number of aliphatic hydroxyl groups is 1. The summed E-state index contributed by atoms with van der Waals surface area (Å²) < 4.78 is 6.66. The van der Waals surface area contributed by atoms with Crippen LogP contribution in [0.4, 0.5) is 0 Å². The molecule has 1 unspecified atom stereocenters. The molecular formula is C11H13ClN2O2. The van der Waals surface area contributed by atoms with Crippen molar-refractivity contribution < 1.29 is 9.52 Å². The Morgan fingerprint density at radius 1 is 1.62 bits per heavy atom. The van der Waals surface area contributed by atoms with Crippen LogP contribution in [0, 0.1) is 0 Å². The molecule has 5 heteroatoms. The van der Waals surface area contributed by atoms with Gasteiger partial charge in [0.2, 0.25) is 0 Å². The monoisotopic (exact) mass is 240 g/mol. The van der Waals surface area contributed by atoms with E-state index in [2.05, 4.69) is 5.10 Å². The Hall–Kier alpha value is -1.26. The number of hydrogen-bond acceptors (Lipinski definition) is 3. The van der Waals surface area contributed by atoms with Gasteiger partial charge in [-0.15, -0.1) is 0 Å². The molecular weight excluding hydrogens is 228 g/mol. The molecule has 2 rings (SSSR count). The minimum atomic E-state index is -0.791. The smallest absolute Gasteiger partial charge is 0.125 e. The highest BCUT2D eigenvalue weighted by Gasteiger charge is 2.20. The second-order valence-electron chi connectivity index (χ2n) is 3.56. The Balaban J connectivity index is 2.35. The normalized spacial score (nSPS) is 12.9. The Morgan fingerprint density at radius 2 is 2.44 bits per heavy atom. The van der Waals surface area contributed by atoms with Gasteiger partial charge in [0.1, 0.15) is 6.10 Å². The lowest BCUT2D eigenvalue weighted by Crippen LogP contribution is -2.10. The van der Waals surface area contributed by atoms with E-state index >= 15 is 0 Å². The Bertz CT molecular complexity index is 451. The van der Waals surface area contributed by atoms with Crippen LogP contribution in [0.3, 0.4) is 0 Å². The van der Waals surface area contributed by atoms with Gasteiger partial charge in [0, 0.05) is 12.1 Å². The molecule has 16 heavy (non-hydrogen) atoms. The zero-order valence-corrected chi connectivity index (χ0v) is 9.68. The quantitative estimate of drug-likeness (QED) is 0.894. The predicted molar refractivity (Wildman–Crippen MR) is 60.3 cm³/mol. The van der Waals surface area contributed by atoms with Gasteiger partial charge in [-0.05, 0) is 12.5 Å². The van der Waals surface area contributed by atoms with Gasteiger partial charge in [-0.2, -0.15) is 5.10 Å². The topological polar surface area (TPSA) is 51.2 Å². The molecule has 0 radical (unpaired) electrons. The van der Waals surface area contributed by atoms with E-state index < -0.39 is 6.10 Å². The number of hydrogen-bond donors (Lipinski definition) is 1. The number of nitrogens with zero attached hydrogens (tertiary/aromatic N) is 2. The second-order valence-corrected chi connectivity index (χ2v) is 3.97. The minimum absolute atomic E-state index is 0.474. The van der Waals surface area contributed by atoms with E-state index in [1.807, 2.05) is 6.92 Å². The van der Waals surface area contributed by atoms with Crippen LogP contribution in [0.15, 0.2) is 29.2 Å². The number of aryl methyl sites for hydroxylation is 1. The fourth-order valence-corrected chi connectivity index (χ4v) is 1.87. The van der Waals surface area contributed by atoms with Crippen molar-refractivity contribution in [2.75, 3.05) is 0 Å². The van der Waals surface area contributed by atoms with Crippen LogP contribution in [0.5, 0.6) is 0 Å². The number of aliphatic hydroxyl groups excluding tert-OH is 1. The third-order valence-electron chi connectivity index (χ3n) is 2.39. The molecule has 0 spiro atoms. The van der Waals surface area contributed by atoms with Crippen LogP contribution in [0.2, 0.25) is 5.02 Å². The zero-order chi connectivity index (χ0) is 11.5. The molecule has 0 saturated heterocycles. The molecule has 0 amide bonds. The van der Waals surface area contributed by atoms with Crippen molar-refractivity contribution in [3.05, 3.63) is 41.1 Å². The van der Waals surface area contributed by atoms with E-state index in [1.54, 1.807) is 16.9 Å². The third kappa shape index (κ3) is 1.99. The molecule has 0 aliphatic carbocycles. The van der Waals surface area contributed by atoms with E-state index in [1.165, 1.54) is 12.5 Å². The predicted octanol–water partition coefficient (Wildman–Crippen LogP) is 2.62. The number of halogens is 1. The molecule has 4 nitrogen and oxygen atoms in total. The molecule has 2 aromatic rings. The van der Waals surface area contributed by atoms with E-state index in [9.17, 15) is 5.11 Å². The average Bonchev–Trinajstić information content (AvgIpc) is 2.88. The number of rotatable bonds is 4. The van der Waals surface area contributed by atoms with E-state index in [-0.39, 0.29) is 0 Å². The number of aromatic nitrogens is 2. The molecule has 86 valence electrons. The lowest BCUT2D eigenvalue weighted by atomic mass is 10.1. The molecule has 2 aromatic heterocycles. The summed E-state index contributed by atoms with van der Waals surface area (Å²) in [5, 5.41) is 14.8. The Labute approximate surface area is 98.4 Å². The SMILES string of the molecule is CCCn1ncc(Cl)c1C(O)c1ccoc1. The fourth-order valence-electron chi connectivity index (χ4n) is 1.62. The summed E-state index contributed by atoms with van der Waals surface area (Å²) in [5.41, 5.74) is 1.30. The van der Waals surface area contributed by atoms with Crippen LogP contribution in [0.1, 0.15) is 30.7 Å². The summed E-state index contributed by atoms with van der Waals surface area (Å²) in [6, 6.07) is 1.71. The molecule has 1 atom stereocenters. The molecule has 0 bridgehead atoms. The maximum absolute atomic E-state index is 10.2. The maximum Gasteiger partial charge on any atom is 0.125 e. The maximum atomic E-state index is 10.2. The van der Waals surface area contributed by atoms with Crippen LogP contribution < -0.4 is 0 Å². The highest BCUT2D eigenvalue weighted by Crippen LogP contribution is 2.28. The summed E-state index contributed by atoms with van der Waals surface area (Å²) in [5.74, 6) is 0. The fraction of sp³-hybridized carbons (Fsp3) is 0.364. The van der Waals surface area contributed by atoms with Gasteiger partial charge in [0.25, 0.3) is 0 Å². The van der Waals surface area contributed by atoms with E-state index in [0.717, 1.165) is 13.0 Å². The van der Waals surface area contributed by atoms with Gasteiger partial charge in [0.05, 0.1) is 29.4 Å². The van der Waals surface area contributed by atoms with Crippen molar-refractivity contribution in [2.45, 2.75) is 26.0 Å². The number of furan rings is 1. The van der Waals surface area contributed by atoms with Gasteiger partial charge >= 0.3 is 0 Å². The third-order valence-corrected chi connectivity index (χ3v) is 2.68. The lowest BCUT2D eigenvalue weighted by Gasteiger charge is -2.11. The molecule has 1 N–H and O–H groups in total. The summed E-state index contributed by atoms with van der Waals surface area (Å²) in [6.07, 6.45) is 4.72. The van der Waals surface area contributed by atoms with E-state index in [4.69, 9.17) is 16.0 Å². The first-order chi connectivity index (χ1) is 7.74. The van der Waals surface area contributed by atoms with Gasteiger partial charge in [-0.1, -0.05) is 18.5 Å². The summed E-state index contributed by atoms with van der Waals surface area (Å²) >= 11 is 6.02. The highest BCUT2D eigenvalue weighted by molar-refractivity contribution is 6.31. The van der Waals surface area contributed by atoms with Crippen LogP contribution >= 0.6 is 11.6 Å². The first-order valence-electron chi connectivity index (χ1n) is 5.15. The highest BCUT2D eigenvalue weighted by atomic mass is 35.5. The molecule has 0 aliphatic rings. The van der Waals surface area contributed by atoms with Crippen LogP contribution in [-0.4, -0.2) is 14.9 Å². The first kappa shape index (κ1) is 11.2. The summed E-state index contributed by atoms with van der Waals surface area (Å²) in [7, 11) is 0. The van der Waals surface area contributed by atoms with E-state index in [0.29, 0.717) is 16.3 Å². The van der Waals surface area contributed by atoms with Gasteiger partial charge in [0.15, 0.2) is 0 Å². The van der Waals surface area contributed by atoms with Crippen molar-refractivity contribution in [1.82, 2.24) is 9.78 Å². The van der Waals surface area contributed by atoms with Crippen LogP contribution in [-0.2, 0) is 6.54 Å². The van der Waals surface area contributed by atoms with Crippen molar-refractivity contribution in [1.29, 1.82) is 0 Å². The Kier molecular flexibility index (Phi) is 3.31. The second kappa shape index (κ2) is 4.72. The largest absolute Gasteiger partial charge is 0.472 e. The molecule has 0 fully saturated rings. The lowest BCUT2D eigenvalue weighted by molar-refractivity contribution is 0.206. The molecule has 0 saturated carbocycles. The minimum Gasteiger partial charge on any atom is -0.472 e. The molecule has 2 heterocycles. The van der Waals surface area contributed by atoms with Crippen LogP contribution in [0.25, 0.3) is 0 Å². The summed E-state index contributed by atoms with van der Waals surface area (Å²) in [4.78, 5) is 0. The van der Waals surface area contributed by atoms with Gasteiger partial charge < -0.3 is 9.52 Å². The molecule has 0 aromatic carbocycles. The zero-order valence-electron chi connectivity index (χ0n) is 8.93. The standard InChI is InChI=1S/C11H13ClN2O2/c1-2-4-14-10(9(12)6-13-14)11(15)8-3-5-16-7-8/h3,5-7,11,15H,2,4H2,1H3. The average molecular weight is 241 g/mol. The van der Waals surface area contributed by atoms with Crippen molar-refractivity contribution in [3.8, 4) is 0 Å². The van der Waals surface area contributed by atoms with Crippen molar-refractivity contribution >= 4 is 11.6 Å². The van der Waals surface area contributed by atoms with Gasteiger partial charge in [-0.3, -0.25) is 4.68 Å². The van der Waals surface area contributed by atoms with Crippen molar-refractivity contribution in [2.24, 2.45) is 0 Å². The van der Waals surface area contributed by atoms with Crippen molar-refractivity contribution in [3.63, 3.8) is 0 Å². The van der Waals surface area contributed by atoms with Gasteiger partial charge in [-0.25, -0.2) is 0 Å². The summed E-state index contributed by atoms with van der Waals surface area (Å²) in [6.45, 7) is 2.78.